The molecule has 0 fully saturated rings. The van der Waals surface area contributed by atoms with Crippen molar-refractivity contribution in [2.75, 3.05) is 14.1 Å². The number of ether oxygens (including phenoxy) is 1. The topological polar surface area (TPSA) is 38.5 Å². The van der Waals surface area contributed by atoms with Gasteiger partial charge in [0, 0.05) is 6.42 Å². The van der Waals surface area contributed by atoms with Gasteiger partial charge in [0.25, 0.3) is 0 Å². The van der Waals surface area contributed by atoms with Crippen LogP contribution in [0.5, 0.6) is 0 Å². The fourth-order valence-electron chi connectivity index (χ4n) is 1.80. The fraction of sp³-hybridized carbons (Fsp3) is 0.250. The predicted molar refractivity (Wildman–Crippen MR) is 79.0 cm³/mol. The van der Waals surface area contributed by atoms with Crippen LogP contribution in [0.25, 0.3) is 6.08 Å². The average molecular weight is 256 g/mol. The van der Waals surface area contributed by atoms with E-state index >= 15 is 0 Å². The molecule has 2 N–H and O–H groups in total. The van der Waals surface area contributed by atoms with Crippen LogP contribution in [0.1, 0.15) is 12.0 Å². The molecule has 0 aromatic heterocycles. The van der Waals surface area contributed by atoms with Crippen molar-refractivity contribution in [3.05, 3.63) is 66.1 Å². The first kappa shape index (κ1) is 13.6. The summed E-state index contributed by atoms with van der Waals surface area (Å²) in [5, 5.41) is 0. The molecular weight excluding hydrogens is 236 g/mol. The molecule has 1 aliphatic rings. The van der Waals surface area contributed by atoms with Gasteiger partial charge in [-0.25, -0.2) is 0 Å². The van der Waals surface area contributed by atoms with Gasteiger partial charge in [0.05, 0.1) is 11.9 Å². The first-order valence-electron chi connectivity index (χ1n) is 6.34. The Kier molecular flexibility index (Phi) is 4.20. The van der Waals surface area contributed by atoms with E-state index in [-0.39, 0.29) is 0 Å². The molecule has 0 amide bonds. The van der Waals surface area contributed by atoms with E-state index in [4.69, 9.17) is 10.5 Å². The molecule has 0 radical (unpaired) electrons. The molecule has 1 aromatic rings. The van der Waals surface area contributed by atoms with E-state index in [2.05, 4.69) is 0 Å². The Labute approximate surface area is 114 Å². The summed E-state index contributed by atoms with van der Waals surface area (Å²) in [4.78, 5) is 2.00. The molecular formula is C16H20N2O. The maximum atomic E-state index is 6.20. The van der Waals surface area contributed by atoms with Gasteiger partial charge in [-0.3, -0.25) is 4.90 Å². The summed E-state index contributed by atoms with van der Waals surface area (Å²) in [6.45, 7) is 0. The summed E-state index contributed by atoms with van der Waals surface area (Å²) in [6.07, 6.45) is 10.3. The molecule has 1 aliphatic carbocycles. The molecule has 2 rings (SSSR count). The number of hydrogen-bond acceptors (Lipinski definition) is 3. The molecule has 0 saturated heterocycles. The van der Waals surface area contributed by atoms with Crippen molar-refractivity contribution in [3.63, 3.8) is 0 Å². The maximum Gasteiger partial charge on any atom is 0.122 e. The number of allylic oxidation sites excluding steroid dienone is 1. The van der Waals surface area contributed by atoms with Crippen LogP contribution >= 0.6 is 0 Å². The minimum Gasteiger partial charge on any atom is -0.465 e. The van der Waals surface area contributed by atoms with Gasteiger partial charge in [-0.2, -0.15) is 0 Å². The third-order valence-electron chi connectivity index (χ3n) is 3.26. The Morgan fingerprint density at radius 1 is 1.26 bits per heavy atom. The lowest BCUT2D eigenvalue weighted by atomic mass is 10.0. The quantitative estimate of drug-likeness (QED) is 0.665. The maximum absolute atomic E-state index is 6.20. The Balaban J connectivity index is 1.91. The Morgan fingerprint density at radius 2 is 2.00 bits per heavy atom. The number of rotatable bonds is 4. The Hall–Kier alpha value is -1.84. The molecule has 1 atom stereocenters. The van der Waals surface area contributed by atoms with Crippen LogP contribution in [0, 0.1) is 0 Å². The highest BCUT2D eigenvalue weighted by Crippen LogP contribution is 2.21. The van der Waals surface area contributed by atoms with Crippen molar-refractivity contribution < 1.29 is 4.74 Å². The summed E-state index contributed by atoms with van der Waals surface area (Å²) in [5.74, 6) is 0.829. The predicted octanol–water partition coefficient (Wildman–Crippen LogP) is 2.73. The second kappa shape index (κ2) is 5.87. The second-order valence-electron chi connectivity index (χ2n) is 4.86. The van der Waals surface area contributed by atoms with Crippen molar-refractivity contribution in [2.24, 2.45) is 5.73 Å². The average Bonchev–Trinajstić information content (AvgIpc) is 2.42. The number of benzene rings is 1. The minimum atomic E-state index is -0.407. The van der Waals surface area contributed by atoms with Gasteiger partial charge in [0.1, 0.15) is 5.76 Å². The van der Waals surface area contributed by atoms with Gasteiger partial charge in [-0.1, -0.05) is 30.3 Å². The lowest BCUT2D eigenvalue weighted by Crippen LogP contribution is -2.51. The third-order valence-corrected chi connectivity index (χ3v) is 3.26. The lowest BCUT2D eigenvalue weighted by Gasteiger charge is -2.34. The van der Waals surface area contributed by atoms with E-state index in [1.807, 2.05) is 73.6 Å². The second-order valence-corrected chi connectivity index (χ2v) is 4.86. The van der Waals surface area contributed by atoms with Crippen molar-refractivity contribution in [3.8, 4) is 0 Å². The molecule has 0 aliphatic heterocycles. The van der Waals surface area contributed by atoms with Crippen LogP contribution in [0.15, 0.2) is 60.6 Å². The highest BCUT2D eigenvalue weighted by Gasteiger charge is 2.25. The number of nitrogens with zero attached hydrogens (tertiary/aromatic N) is 1. The van der Waals surface area contributed by atoms with Gasteiger partial charge in [-0.15, -0.1) is 0 Å². The van der Waals surface area contributed by atoms with E-state index in [1.165, 1.54) is 0 Å². The summed E-state index contributed by atoms with van der Waals surface area (Å²) in [6, 6.07) is 10.1. The van der Waals surface area contributed by atoms with Crippen LogP contribution in [0.3, 0.4) is 0 Å². The molecule has 100 valence electrons. The smallest absolute Gasteiger partial charge is 0.122 e. The van der Waals surface area contributed by atoms with E-state index < -0.39 is 5.66 Å². The third kappa shape index (κ3) is 3.56. The van der Waals surface area contributed by atoms with Crippen LogP contribution in [-0.4, -0.2) is 24.7 Å². The van der Waals surface area contributed by atoms with Crippen molar-refractivity contribution in [2.45, 2.75) is 12.1 Å². The van der Waals surface area contributed by atoms with Gasteiger partial charge in [0.15, 0.2) is 0 Å². The normalized spacial score (nSPS) is 22.8. The van der Waals surface area contributed by atoms with Gasteiger partial charge < -0.3 is 10.5 Å². The van der Waals surface area contributed by atoms with Crippen LogP contribution in [0.4, 0.5) is 0 Å². The minimum absolute atomic E-state index is 0.407. The molecule has 0 heterocycles. The molecule has 1 aromatic carbocycles. The van der Waals surface area contributed by atoms with E-state index in [9.17, 15) is 0 Å². The van der Waals surface area contributed by atoms with Crippen LogP contribution in [0.2, 0.25) is 0 Å². The zero-order valence-electron chi connectivity index (χ0n) is 11.4. The van der Waals surface area contributed by atoms with E-state index in [0.717, 1.165) is 17.7 Å². The van der Waals surface area contributed by atoms with Crippen molar-refractivity contribution in [1.29, 1.82) is 0 Å². The van der Waals surface area contributed by atoms with Gasteiger partial charge in [0.2, 0.25) is 0 Å². The van der Waals surface area contributed by atoms with Gasteiger partial charge >= 0.3 is 0 Å². The van der Waals surface area contributed by atoms with Crippen molar-refractivity contribution in [1.82, 2.24) is 4.90 Å². The summed E-state index contributed by atoms with van der Waals surface area (Å²) in [7, 11) is 3.94. The number of hydrogen-bond donors (Lipinski definition) is 1. The summed E-state index contributed by atoms with van der Waals surface area (Å²) in [5.41, 5.74) is 6.91. The standard InChI is InChI=1S/C16H20N2O/c1-18(2)16(17)11-8-15(9-12-16)19-13-10-14-6-4-3-5-7-14/h3-11,13H,12,17H2,1-2H3. The Morgan fingerprint density at radius 3 is 2.58 bits per heavy atom. The molecule has 0 bridgehead atoms. The zero-order chi connectivity index (χ0) is 13.7. The van der Waals surface area contributed by atoms with Crippen molar-refractivity contribution >= 4 is 6.08 Å². The van der Waals surface area contributed by atoms with E-state index in [1.54, 1.807) is 6.26 Å². The first-order chi connectivity index (χ1) is 9.10. The molecule has 0 saturated carbocycles. The van der Waals surface area contributed by atoms with E-state index in [0.29, 0.717) is 0 Å². The molecule has 1 unspecified atom stereocenters. The summed E-state index contributed by atoms with van der Waals surface area (Å²) >= 11 is 0. The van der Waals surface area contributed by atoms with Crippen LogP contribution < -0.4 is 5.73 Å². The highest BCUT2D eigenvalue weighted by atomic mass is 16.5. The lowest BCUT2D eigenvalue weighted by molar-refractivity contribution is 0.210. The molecule has 3 nitrogen and oxygen atoms in total. The Bertz CT molecular complexity index is 503. The largest absolute Gasteiger partial charge is 0.465 e. The van der Waals surface area contributed by atoms with Gasteiger partial charge in [-0.05, 0) is 44.0 Å². The SMILES string of the molecule is CN(C)C1(N)C=CC(OC=Cc2ccccc2)=CC1. The fourth-order valence-corrected chi connectivity index (χ4v) is 1.80. The molecule has 3 heteroatoms. The molecule has 0 spiro atoms. The highest BCUT2D eigenvalue weighted by molar-refractivity contribution is 5.47. The van der Waals surface area contributed by atoms with Crippen LogP contribution in [-0.2, 0) is 4.74 Å². The number of likely N-dealkylation sites (N-methyl/N-ethyl adjacent to an activating group) is 1. The number of nitrogens with two attached hydrogens (primary N) is 1. The zero-order valence-corrected chi connectivity index (χ0v) is 11.4. The summed E-state index contributed by atoms with van der Waals surface area (Å²) < 4.78 is 5.58. The monoisotopic (exact) mass is 256 g/mol. The first-order valence-corrected chi connectivity index (χ1v) is 6.34. The molecule has 19 heavy (non-hydrogen) atoms.